The summed E-state index contributed by atoms with van der Waals surface area (Å²) in [5.74, 6) is -2.38. The summed E-state index contributed by atoms with van der Waals surface area (Å²) >= 11 is 0. The number of ketones is 1. The van der Waals surface area contributed by atoms with Gasteiger partial charge in [-0.15, -0.1) is 0 Å². The number of hydrogen-bond donors (Lipinski definition) is 1. The Balaban J connectivity index is 1.91. The van der Waals surface area contributed by atoms with E-state index in [1.807, 2.05) is 30.3 Å². The maximum absolute atomic E-state index is 13.0. The number of allylic oxidation sites excluding steroid dienone is 1. The maximum Gasteiger partial charge on any atom is 0.187 e. The Bertz CT molecular complexity index is 624. The summed E-state index contributed by atoms with van der Waals surface area (Å²) in [5.41, 5.74) is 1.19. The Labute approximate surface area is 115 Å². The Kier molecular flexibility index (Phi) is 4.60. The Hall–Kier alpha value is -2.49. The first kappa shape index (κ1) is 13.9. The molecule has 0 atom stereocenters. The van der Waals surface area contributed by atoms with E-state index in [9.17, 15) is 13.6 Å². The Morgan fingerprint density at radius 2 is 1.80 bits per heavy atom. The standard InChI is InChI=1S/C16H13F2NO/c17-14-7-6-13(10-15(14)18)16(20)8-9-19-11-12-4-2-1-3-5-12/h1-10,19H,11H2. The number of hydrogen-bond acceptors (Lipinski definition) is 2. The van der Waals surface area contributed by atoms with Crippen LogP contribution in [0.4, 0.5) is 8.78 Å². The van der Waals surface area contributed by atoms with Crippen LogP contribution < -0.4 is 5.32 Å². The van der Waals surface area contributed by atoms with Gasteiger partial charge in [0.05, 0.1) is 0 Å². The molecule has 4 heteroatoms. The Morgan fingerprint density at radius 1 is 1.05 bits per heavy atom. The lowest BCUT2D eigenvalue weighted by Crippen LogP contribution is -2.06. The van der Waals surface area contributed by atoms with Gasteiger partial charge in [-0.2, -0.15) is 0 Å². The summed E-state index contributed by atoms with van der Waals surface area (Å²) in [7, 11) is 0. The van der Waals surface area contributed by atoms with Crippen molar-refractivity contribution in [1.82, 2.24) is 5.32 Å². The van der Waals surface area contributed by atoms with Crippen molar-refractivity contribution >= 4 is 5.78 Å². The number of nitrogens with one attached hydrogen (secondary N) is 1. The van der Waals surface area contributed by atoms with Crippen LogP contribution in [0.3, 0.4) is 0 Å². The molecule has 102 valence electrons. The number of carbonyl (C=O) groups excluding carboxylic acids is 1. The van der Waals surface area contributed by atoms with Gasteiger partial charge in [0.25, 0.3) is 0 Å². The van der Waals surface area contributed by atoms with E-state index in [-0.39, 0.29) is 11.3 Å². The highest BCUT2D eigenvalue weighted by molar-refractivity contribution is 6.04. The van der Waals surface area contributed by atoms with Crippen LogP contribution in [0.25, 0.3) is 0 Å². The highest BCUT2D eigenvalue weighted by atomic mass is 19.2. The van der Waals surface area contributed by atoms with E-state index in [1.54, 1.807) is 0 Å². The number of rotatable bonds is 5. The van der Waals surface area contributed by atoms with Crippen LogP contribution in [-0.4, -0.2) is 5.78 Å². The number of benzene rings is 2. The molecule has 1 N–H and O–H groups in total. The normalized spacial score (nSPS) is 10.7. The van der Waals surface area contributed by atoms with Crippen LogP contribution in [0.2, 0.25) is 0 Å². The summed E-state index contributed by atoms with van der Waals surface area (Å²) in [6, 6.07) is 12.8. The summed E-state index contributed by atoms with van der Waals surface area (Å²) in [6.07, 6.45) is 2.78. The highest BCUT2D eigenvalue weighted by Crippen LogP contribution is 2.09. The molecule has 0 heterocycles. The van der Waals surface area contributed by atoms with Crippen molar-refractivity contribution in [3.05, 3.63) is 83.6 Å². The van der Waals surface area contributed by atoms with Gasteiger partial charge in [0.2, 0.25) is 0 Å². The van der Waals surface area contributed by atoms with Gasteiger partial charge in [-0.1, -0.05) is 30.3 Å². The van der Waals surface area contributed by atoms with Gasteiger partial charge in [-0.05, 0) is 23.8 Å². The Morgan fingerprint density at radius 3 is 2.50 bits per heavy atom. The highest BCUT2D eigenvalue weighted by Gasteiger charge is 2.06. The first-order valence-electron chi connectivity index (χ1n) is 6.10. The van der Waals surface area contributed by atoms with Crippen LogP contribution in [0.5, 0.6) is 0 Å². The molecule has 0 aliphatic carbocycles. The summed E-state index contributed by atoms with van der Waals surface area (Å²) in [6.45, 7) is 0.586. The van der Waals surface area contributed by atoms with Gasteiger partial charge < -0.3 is 5.32 Å². The fourth-order valence-electron chi connectivity index (χ4n) is 1.65. The second-order valence-electron chi connectivity index (χ2n) is 4.19. The average Bonchev–Trinajstić information content (AvgIpc) is 2.47. The molecule has 0 amide bonds. The monoisotopic (exact) mass is 273 g/mol. The number of carbonyl (C=O) groups is 1. The van der Waals surface area contributed by atoms with E-state index in [2.05, 4.69) is 5.32 Å². The SMILES string of the molecule is O=C(C=CNCc1ccccc1)c1ccc(F)c(F)c1. The molecular weight excluding hydrogens is 260 g/mol. The molecule has 0 spiro atoms. The lowest BCUT2D eigenvalue weighted by molar-refractivity contribution is 0.104. The van der Waals surface area contributed by atoms with Gasteiger partial charge in [-0.3, -0.25) is 4.79 Å². The summed E-state index contributed by atoms with van der Waals surface area (Å²) < 4.78 is 25.7. The van der Waals surface area contributed by atoms with E-state index in [1.165, 1.54) is 18.3 Å². The molecule has 2 aromatic rings. The number of halogens is 2. The quantitative estimate of drug-likeness (QED) is 0.667. The van der Waals surface area contributed by atoms with Crippen LogP contribution in [-0.2, 0) is 6.54 Å². The minimum Gasteiger partial charge on any atom is -0.387 e. The van der Waals surface area contributed by atoms with Gasteiger partial charge in [-0.25, -0.2) is 8.78 Å². The third-order valence-corrected chi connectivity index (χ3v) is 2.71. The minimum absolute atomic E-state index is 0.113. The topological polar surface area (TPSA) is 29.1 Å². The minimum atomic E-state index is -1.03. The van der Waals surface area contributed by atoms with Crippen molar-refractivity contribution in [2.75, 3.05) is 0 Å². The zero-order valence-electron chi connectivity index (χ0n) is 10.6. The van der Waals surface area contributed by atoms with Crippen LogP contribution in [0.15, 0.2) is 60.8 Å². The second-order valence-corrected chi connectivity index (χ2v) is 4.19. The summed E-state index contributed by atoms with van der Waals surface area (Å²) in [5, 5.41) is 2.96. The predicted molar refractivity (Wildman–Crippen MR) is 73.1 cm³/mol. The maximum atomic E-state index is 13.0. The lowest BCUT2D eigenvalue weighted by Gasteiger charge is -2.01. The van der Waals surface area contributed by atoms with Gasteiger partial charge >= 0.3 is 0 Å². The van der Waals surface area contributed by atoms with Crippen LogP contribution in [0.1, 0.15) is 15.9 Å². The fourth-order valence-corrected chi connectivity index (χ4v) is 1.65. The molecule has 0 aliphatic heterocycles. The molecular formula is C16H13F2NO. The third-order valence-electron chi connectivity index (χ3n) is 2.71. The van der Waals surface area contributed by atoms with Gasteiger partial charge in [0.15, 0.2) is 17.4 Å². The molecule has 0 saturated heterocycles. The average molecular weight is 273 g/mol. The molecule has 2 rings (SSSR count). The van der Waals surface area contributed by atoms with Gasteiger partial charge in [0, 0.05) is 24.4 Å². The smallest absolute Gasteiger partial charge is 0.187 e. The predicted octanol–water partition coefficient (Wildman–Crippen LogP) is 3.45. The first-order chi connectivity index (χ1) is 9.66. The zero-order valence-corrected chi connectivity index (χ0v) is 10.6. The van der Waals surface area contributed by atoms with E-state index in [0.29, 0.717) is 6.54 Å². The van der Waals surface area contributed by atoms with Crippen molar-refractivity contribution in [2.45, 2.75) is 6.54 Å². The largest absolute Gasteiger partial charge is 0.387 e. The molecule has 0 unspecified atom stereocenters. The van der Waals surface area contributed by atoms with Gasteiger partial charge in [0.1, 0.15) is 0 Å². The molecule has 0 saturated carbocycles. The van der Waals surface area contributed by atoms with E-state index in [4.69, 9.17) is 0 Å². The van der Waals surface area contributed by atoms with E-state index >= 15 is 0 Å². The zero-order chi connectivity index (χ0) is 14.4. The van der Waals surface area contributed by atoms with Crippen LogP contribution >= 0.6 is 0 Å². The summed E-state index contributed by atoms with van der Waals surface area (Å²) in [4.78, 5) is 11.7. The van der Waals surface area contributed by atoms with E-state index in [0.717, 1.165) is 17.7 Å². The van der Waals surface area contributed by atoms with E-state index < -0.39 is 11.6 Å². The van der Waals surface area contributed by atoms with Crippen molar-refractivity contribution in [3.63, 3.8) is 0 Å². The van der Waals surface area contributed by atoms with Crippen molar-refractivity contribution in [2.24, 2.45) is 0 Å². The third kappa shape index (κ3) is 3.75. The molecule has 0 aliphatic rings. The molecule has 0 fully saturated rings. The van der Waals surface area contributed by atoms with Crippen molar-refractivity contribution < 1.29 is 13.6 Å². The van der Waals surface area contributed by atoms with Crippen LogP contribution in [0, 0.1) is 11.6 Å². The molecule has 0 radical (unpaired) electrons. The second kappa shape index (κ2) is 6.61. The fraction of sp³-hybridized carbons (Fsp3) is 0.0625. The molecule has 2 aromatic carbocycles. The molecule has 0 aromatic heterocycles. The first-order valence-corrected chi connectivity index (χ1v) is 6.10. The lowest BCUT2D eigenvalue weighted by atomic mass is 10.1. The molecule has 2 nitrogen and oxygen atoms in total. The molecule has 20 heavy (non-hydrogen) atoms. The van der Waals surface area contributed by atoms with Crippen molar-refractivity contribution in [1.29, 1.82) is 0 Å². The van der Waals surface area contributed by atoms with Crippen molar-refractivity contribution in [3.8, 4) is 0 Å². The molecule has 0 bridgehead atoms.